The average Bonchev–Trinajstić information content (AvgIpc) is 3.56. The Labute approximate surface area is 243 Å². The number of fused-ring (bicyclic) bond motifs is 1. The number of ether oxygens (including phenoxy) is 1. The van der Waals surface area contributed by atoms with Crippen LogP contribution in [-0.2, 0) is 10.0 Å². The minimum absolute atomic E-state index is 0.00749. The minimum Gasteiger partial charge on any atom is -0.464 e. The first-order chi connectivity index (χ1) is 19.4. The Morgan fingerprint density at radius 2 is 1.80 bits per heavy atom. The molecule has 0 aliphatic rings. The summed E-state index contributed by atoms with van der Waals surface area (Å²) in [6.07, 6.45) is -3.59. The molecule has 0 atom stereocenters. The van der Waals surface area contributed by atoms with E-state index < -0.39 is 38.7 Å². The molecule has 210 valence electrons. The van der Waals surface area contributed by atoms with E-state index in [0.717, 1.165) is 23.5 Å². The second-order valence-corrected chi connectivity index (χ2v) is 11.3. The molecule has 41 heavy (non-hydrogen) atoms. The SMILES string of the molecule is O=C(O)N(C(=O)O)c1noc2ccc(-c3cc(Cl)ccc3Oc3cc(F)c(S(=O)(=O)Nc4cscn4)cc3Cl)cc12. The Hall–Kier alpha value is -4.44. The molecule has 5 rings (SSSR count). The second kappa shape index (κ2) is 10.9. The highest BCUT2D eigenvalue weighted by Crippen LogP contribution is 2.41. The van der Waals surface area contributed by atoms with Crippen molar-refractivity contribution in [1.82, 2.24) is 10.1 Å². The number of nitrogens with zero attached hydrogens (tertiary/aromatic N) is 3. The van der Waals surface area contributed by atoms with Crippen LogP contribution in [0.3, 0.4) is 0 Å². The van der Waals surface area contributed by atoms with Gasteiger partial charge in [-0.1, -0.05) is 34.4 Å². The summed E-state index contributed by atoms with van der Waals surface area (Å²) < 4.78 is 53.5. The number of rotatable bonds is 7. The third-order valence-electron chi connectivity index (χ3n) is 5.47. The molecule has 0 spiro atoms. The van der Waals surface area contributed by atoms with Gasteiger partial charge in [0.15, 0.2) is 17.2 Å². The summed E-state index contributed by atoms with van der Waals surface area (Å²) in [5, 5.41) is 23.7. The number of imide groups is 1. The zero-order valence-electron chi connectivity index (χ0n) is 19.9. The van der Waals surface area contributed by atoms with Gasteiger partial charge >= 0.3 is 12.2 Å². The summed E-state index contributed by atoms with van der Waals surface area (Å²) in [6.45, 7) is 0. The van der Waals surface area contributed by atoms with Crippen molar-refractivity contribution >= 4 is 79.4 Å². The highest BCUT2D eigenvalue weighted by atomic mass is 35.5. The van der Waals surface area contributed by atoms with Crippen molar-refractivity contribution in [2.24, 2.45) is 0 Å². The number of anilines is 2. The van der Waals surface area contributed by atoms with Crippen LogP contribution in [0.15, 0.2) is 68.8 Å². The van der Waals surface area contributed by atoms with E-state index in [1.165, 1.54) is 41.2 Å². The van der Waals surface area contributed by atoms with Crippen molar-refractivity contribution in [3.63, 3.8) is 0 Å². The molecule has 3 N–H and O–H groups in total. The maximum atomic E-state index is 15.0. The molecule has 0 saturated heterocycles. The van der Waals surface area contributed by atoms with E-state index in [1.807, 2.05) is 0 Å². The van der Waals surface area contributed by atoms with Crippen molar-refractivity contribution in [1.29, 1.82) is 0 Å². The fourth-order valence-corrected chi connectivity index (χ4v) is 5.79. The lowest BCUT2D eigenvalue weighted by Crippen LogP contribution is -2.34. The monoisotopic (exact) mass is 638 g/mol. The lowest BCUT2D eigenvalue weighted by Gasteiger charge is -2.15. The van der Waals surface area contributed by atoms with Crippen LogP contribution in [-0.4, -0.2) is 41.0 Å². The highest BCUT2D eigenvalue weighted by molar-refractivity contribution is 7.92. The van der Waals surface area contributed by atoms with Gasteiger partial charge in [-0.3, -0.25) is 4.72 Å². The normalized spacial score (nSPS) is 11.4. The van der Waals surface area contributed by atoms with Crippen LogP contribution in [0.4, 0.5) is 25.6 Å². The zero-order chi connectivity index (χ0) is 29.5. The number of halogens is 3. The number of aromatic nitrogens is 2. The number of hydrogen-bond acceptors (Lipinski definition) is 9. The van der Waals surface area contributed by atoms with E-state index in [4.69, 9.17) is 32.5 Å². The van der Waals surface area contributed by atoms with E-state index >= 15 is 4.39 Å². The van der Waals surface area contributed by atoms with Crippen molar-refractivity contribution in [2.45, 2.75) is 4.90 Å². The summed E-state index contributed by atoms with van der Waals surface area (Å²) in [5.74, 6) is -1.76. The molecule has 0 radical (unpaired) electrons. The van der Waals surface area contributed by atoms with E-state index in [9.17, 15) is 28.2 Å². The molecule has 0 aliphatic heterocycles. The molecule has 17 heteroatoms. The van der Waals surface area contributed by atoms with Gasteiger partial charge in [0.2, 0.25) is 0 Å². The fourth-order valence-electron chi connectivity index (χ4n) is 3.70. The molecule has 3 aromatic carbocycles. The molecular weight excluding hydrogens is 626 g/mol. The van der Waals surface area contributed by atoms with Gasteiger partial charge in [-0.25, -0.2) is 27.4 Å². The molecule has 0 aliphatic carbocycles. The average molecular weight is 639 g/mol. The van der Waals surface area contributed by atoms with E-state index in [1.54, 1.807) is 6.07 Å². The Morgan fingerprint density at radius 3 is 2.49 bits per heavy atom. The summed E-state index contributed by atoms with van der Waals surface area (Å²) >= 11 is 13.6. The Balaban J connectivity index is 1.54. The molecule has 0 fully saturated rings. The summed E-state index contributed by atoms with van der Waals surface area (Å²) in [4.78, 5) is 26.1. The van der Waals surface area contributed by atoms with Crippen molar-refractivity contribution < 1.29 is 41.9 Å². The van der Waals surface area contributed by atoms with Crippen molar-refractivity contribution in [2.75, 3.05) is 9.62 Å². The first-order valence-electron chi connectivity index (χ1n) is 11.0. The number of carbonyl (C=O) groups is 2. The zero-order valence-corrected chi connectivity index (χ0v) is 23.1. The molecule has 0 unspecified atom stereocenters. The first-order valence-corrected chi connectivity index (χ1v) is 14.2. The van der Waals surface area contributed by atoms with Crippen LogP contribution in [0, 0.1) is 5.82 Å². The third-order valence-corrected chi connectivity index (χ3v) is 7.95. The summed E-state index contributed by atoms with van der Waals surface area (Å²) in [6, 6.07) is 10.5. The van der Waals surface area contributed by atoms with Gasteiger partial charge in [-0.15, -0.1) is 11.3 Å². The molecule has 12 nitrogen and oxygen atoms in total. The van der Waals surface area contributed by atoms with Gasteiger partial charge in [0.1, 0.15) is 22.2 Å². The molecule has 5 aromatic rings. The maximum Gasteiger partial charge on any atom is 0.422 e. The largest absolute Gasteiger partial charge is 0.464 e. The minimum atomic E-state index is -4.36. The Kier molecular flexibility index (Phi) is 7.44. The first kappa shape index (κ1) is 28.1. The van der Waals surface area contributed by atoms with Crippen LogP contribution in [0.2, 0.25) is 10.0 Å². The summed E-state index contributed by atoms with van der Waals surface area (Å²) in [5.41, 5.74) is 2.16. The van der Waals surface area contributed by atoms with Gasteiger partial charge in [-0.2, -0.15) is 4.90 Å². The predicted octanol–water partition coefficient (Wildman–Crippen LogP) is 7.15. The topological polar surface area (TPSA) is 172 Å². The van der Waals surface area contributed by atoms with Crippen molar-refractivity contribution in [3.8, 4) is 22.6 Å². The van der Waals surface area contributed by atoms with E-state index in [2.05, 4.69) is 14.9 Å². The van der Waals surface area contributed by atoms with Crippen LogP contribution in [0.5, 0.6) is 11.5 Å². The van der Waals surface area contributed by atoms with E-state index in [-0.39, 0.29) is 43.2 Å². The second-order valence-electron chi connectivity index (χ2n) is 8.05. The fraction of sp³-hybridized carbons (Fsp3) is 0. The molecule has 0 bridgehead atoms. The number of nitrogens with one attached hydrogen (secondary N) is 1. The Bertz CT molecular complexity index is 1920. The van der Waals surface area contributed by atoms with Crippen LogP contribution < -0.4 is 14.4 Å². The van der Waals surface area contributed by atoms with Crippen LogP contribution in [0.1, 0.15) is 0 Å². The quantitative estimate of drug-likeness (QED) is 0.166. The number of hydrogen-bond donors (Lipinski definition) is 3. The van der Waals surface area contributed by atoms with Crippen LogP contribution >= 0.6 is 34.5 Å². The summed E-state index contributed by atoms with van der Waals surface area (Å²) in [7, 11) is -4.36. The Morgan fingerprint density at radius 1 is 1.05 bits per heavy atom. The van der Waals surface area contributed by atoms with Crippen LogP contribution in [0.25, 0.3) is 22.1 Å². The maximum absolute atomic E-state index is 15.0. The number of thiazole rings is 1. The van der Waals surface area contributed by atoms with Gasteiger partial charge in [0.25, 0.3) is 10.0 Å². The molecule has 0 saturated carbocycles. The van der Waals surface area contributed by atoms with Gasteiger partial charge < -0.3 is 19.5 Å². The number of amides is 2. The standard InChI is InChI=1S/C24H13Cl2FN4O8S2/c25-12-2-4-17(38-19-8-16(27)20(7-15(19)26)41(36,37)30-21-9-40-10-28-21)13(6-12)11-1-3-18-14(5-11)22(29-39-18)31(23(32)33)24(34)35/h1-10,30H,(H,32,33)(H,34,35). The van der Waals surface area contributed by atoms with E-state index in [0.29, 0.717) is 11.1 Å². The molecule has 2 heterocycles. The van der Waals surface area contributed by atoms with Gasteiger partial charge in [0.05, 0.1) is 15.9 Å². The lowest BCUT2D eigenvalue weighted by molar-refractivity contribution is 0.183. The highest BCUT2D eigenvalue weighted by Gasteiger charge is 2.28. The smallest absolute Gasteiger partial charge is 0.422 e. The van der Waals surface area contributed by atoms with Crippen molar-refractivity contribution in [3.05, 3.63) is 75.3 Å². The number of benzene rings is 3. The number of carboxylic acid groups (broad SMARTS) is 2. The molecule has 2 amide bonds. The van der Waals surface area contributed by atoms with Gasteiger partial charge in [-0.05, 0) is 42.0 Å². The lowest BCUT2D eigenvalue weighted by atomic mass is 10.0. The third kappa shape index (κ3) is 5.60. The molecule has 2 aromatic heterocycles. The molecular formula is C24H13Cl2FN4O8S2. The van der Waals surface area contributed by atoms with Gasteiger partial charge in [0, 0.05) is 22.0 Å². The number of sulfonamides is 1. The predicted molar refractivity (Wildman–Crippen MR) is 147 cm³/mol.